The molecule has 0 unspecified atom stereocenters. The van der Waals surface area contributed by atoms with E-state index in [4.69, 9.17) is 4.74 Å². The van der Waals surface area contributed by atoms with Gasteiger partial charge in [-0.05, 0) is 56.9 Å². The Morgan fingerprint density at radius 2 is 1.88 bits per heavy atom. The summed E-state index contributed by atoms with van der Waals surface area (Å²) < 4.78 is 5.73. The number of rotatable bonds is 5. The summed E-state index contributed by atoms with van der Waals surface area (Å²) in [6.07, 6.45) is 2.35. The Labute approximate surface area is 154 Å². The number of anilines is 2. The number of hydrogen-bond acceptors (Lipinski definition) is 5. The molecule has 0 spiro atoms. The largest absolute Gasteiger partial charge is 0.489 e. The summed E-state index contributed by atoms with van der Waals surface area (Å²) in [5.41, 5.74) is 0.917. The second-order valence-corrected chi connectivity index (χ2v) is 7.06. The molecule has 2 heterocycles. The summed E-state index contributed by atoms with van der Waals surface area (Å²) in [6, 6.07) is 11.0. The van der Waals surface area contributed by atoms with E-state index >= 15 is 0 Å². The zero-order chi connectivity index (χ0) is 18.5. The first-order chi connectivity index (χ1) is 12.5. The van der Waals surface area contributed by atoms with E-state index in [0.29, 0.717) is 17.1 Å². The van der Waals surface area contributed by atoms with Crippen molar-refractivity contribution in [2.24, 2.45) is 5.92 Å². The Balaban J connectivity index is 1.67. The van der Waals surface area contributed by atoms with Crippen LogP contribution in [0.5, 0.6) is 5.75 Å². The number of benzene rings is 1. The first-order valence-electron chi connectivity index (χ1n) is 9.18. The van der Waals surface area contributed by atoms with Crippen molar-refractivity contribution in [1.82, 2.24) is 10.2 Å². The maximum atomic E-state index is 12.5. The topological polar surface area (TPSA) is 67.4 Å². The molecule has 2 aromatic rings. The van der Waals surface area contributed by atoms with Crippen LogP contribution in [0, 0.1) is 5.92 Å². The molecule has 0 radical (unpaired) electrons. The number of hydrogen-bond donors (Lipinski definition) is 1. The number of para-hydroxylation sites is 2. The molecule has 0 saturated carbocycles. The van der Waals surface area contributed by atoms with Gasteiger partial charge in [-0.1, -0.05) is 19.1 Å². The lowest BCUT2D eigenvalue weighted by molar-refractivity contribution is 0.102. The molecule has 3 rings (SSSR count). The van der Waals surface area contributed by atoms with Gasteiger partial charge < -0.3 is 15.0 Å². The summed E-state index contributed by atoms with van der Waals surface area (Å²) >= 11 is 0. The molecular formula is C20H26N4O2. The number of aromatic nitrogens is 2. The fourth-order valence-electron chi connectivity index (χ4n) is 2.97. The van der Waals surface area contributed by atoms with Gasteiger partial charge in [0.05, 0.1) is 11.8 Å². The van der Waals surface area contributed by atoms with Gasteiger partial charge in [0.15, 0.2) is 11.5 Å². The van der Waals surface area contributed by atoms with E-state index in [2.05, 4.69) is 27.3 Å². The maximum absolute atomic E-state index is 12.5. The summed E-state index contributed by atoms with van der Waals surface area (Å²) in [4.78, 5) is 14.7. The summed E-state index contributed by atoms with van der Waals surface area (Å²) in [7, 11) is 0. The van der Waals surface area contributed by atoms with Gasteiger partial charge in [-0.3, -0.25) is 4.79 Å². The molecule has 1 fully saturated rings. The molecule has 0 atom stereocenters. The molecule has 1 saturated heterocycles. The number of carbonyl (C=O) groups excluding carboxylic acids is 1. The third-order valence-corrected chi connectivity index (χ3v) is 4.49. The van der Waals surface area contributed by atoms with Crippen molar-refractivity contribution in [3.05, 3.63) is 42.1 Å². The molecule has 138 valence electrons. The van der Waals surface area contributed by atoms with Gasteiger partial charge >= 0.3 is 0 Å². The van der Waals surface area contributed by atoms with Crippen molar-refractivity contribution in [3.63, 3.8) is 0 Å². The van der Waals surface area contributed by atoms with Gasteiger partial charge in [0.2, 0.25) is 0 Å². The number of ether oxygens (including phenoxy) is 1. The Morgan fingerprint density at radius 3 is 2.54 bits per heavy atom. The first kappa shape index (κ1) is 18.2. The molecule has 1 aliphatic heterocycles. The van der Waals surface area contributed by atoms with E-state index < -0.39 is 0 Å². The number of piperidine rings is 1. The average molecular weight is 354 g/mol. The van der Waals surface area contributed by atoms with Crippen LogP contribution in [0.3, 0.4) is 0 Å². The highest BCUT2D eigenvalue weighted by Crippen LogP contribution is 2.25. The van der Waals surface area contributed by atoms with Crippen LogP contribution in [0.1, 0.15) is 44.1 Å². The van der Waals surface area contributed by atoms with Gasteiger partial charge in [0.25, 0.3) is 5.91 Å². The first-order valence-corrected chi connectivity index (χ1v) is 9.18. The Kier molecular flexibility index (Phi) is 5.71. The zero-order valence-corrected chi connectivity index (χ0v) is 15.6. The lowest BCUT2D eigenvalue weighted by Crippen LogP contribution is -2.33. The van der Waals surface area contributed by atoms with E-state index in [1.54, 1.807) is 6.07 Å². The Morgan fingerprint density at radius 1 is 1.15 bits per heavy atom. The van der Waals surface area contributed by atoms with Crippen LogP contribution in [-0.4, -0.2) is 35.3 Å². The Hall–Kier alpha value is -2.63. The zero-order valence-electron chi connectivity index (χ0n) is 15.6. The van der Waals surface area contributed by atoms with Crippen molar-refractivity contribution in [2.45, 2.75) is 39.7 Å². The number of amides is 1. The highest BCUT2D eigenvalue weighted by molar-refractivity contribution is 6.03. The number of carbonyl (C=O) groups is 1. The SMILES string of the molecule is CC1CCN(c2ccc(C(=O)Nc3ccccc3OC(C)C)nn2)CC1. The minimum Gasteiger partial charge on any atom is -0.489 e. The second-order valence-electron chi connectivity index (χ2n) is 7.06. The number of nitrogens with one attached hydrogen (secondary N) is 1. The normalized spacial score (nSPS) is 15.2. The molecule has 6 heteroatoms. The third-order valence-electron chi connectivity index (χ3n) is 4.49. The summed E-state index contributed by atoms with van der Waals surface area (Å²) in [5, 5.41) is 11.2. The van der Waals surface area contributed by atoms with Crippen molar-refractivity contribution in [3.8, 4) is 5.75 Å². The molecule has 1 N–H and O–H groups in total. The quantitative estimate of drug-likeness (QED) is 0.886. The van der Waals surface area contributed by atoms with Gasteiger partial charge in [0, 0.05) is 13.1 Å². The van der Waals surface area contributed by atoms with Gasteiger partial charge in [0.1, 0.15) is 5.75 Å². The van der Waals surface area contributed by atoms with Crippen molar-refractivity contribution in [2.75, 3.05) is 23.3 Å². The predicted octanol–water partition coefficient (Wildman–Crippen LogP) is 3.75. The lowest BCUT2D eigenvalue weighted by atomic mass is 9.99. The van der Waals surface area contributed by atoms with Gasteiger partial charge in [-0.25, -0.2) is 0 Å². The molecule has 0 aliphatic carbocycles. The van der Waals surface area contributed by atoms with Gasteiger partial charge in [-0.2, -0.15) is 0 Å². The predicted molar refractivity (Wildman–Crippen MR) is 103 cm³/mol. The molecule has 1 aliphatic rings. The van der Waals surface area contributed by atoms with Crippen LogP contribution in [0.4, 0.5) is 11.5 Å². The fourth-order valence-corrected chi connectivity index (χ4v) is 2.97. The smallest absolute Gasteiger partial charge is 0.276 e. The standard InChI is InChI=1S/C20H26N4O2/c1-14(2)26-18-7-5-4-6-16(18)21-20(25)17-8-9-19(23-22-17)24-12-10-15(3)11-13-24/h4-9,14-15H,10-13H2,1-3H3,(H,21,25). The van der Waals surface area contributed by atoms with Crippen molar-refractivity contribution < 1.29 is 9.53 Å². The van der Waals surface area contributed by atoms with Crippen LogP contribution in [0.2, 0.25) is 0 Å². The highest BCUT2D eigenvalue weighted by Gasteiger charge is 2.18. The van der Waals surface area contributed by atoms with E-state index in [0.717, 1.165) is 37.7 Å². The molecule has 26 heavy (non-hydrogen) atoms. The van der Waals surface area contributed by atoms with Crippen molar-refractivity contribution >= 4 is 17.4 Å². The summed E-state index contributed by atoms with van der Waals surface area (Å²) in [5.74, 6) is 1.94. The van der Waals surface area contributed by atoms with Crippen molar-refractivity contribution in [1.29, 1.82) is 0 Å². The van der Waals surface area contributed by atoms with E-state index in [-0.39, 0.29) is 12.0 Å². The molecular weight excluding hydrogens is 328 g/mol. The molecule has 1 aromatic heterocycles. The molecule has 0 bridgehead atoms. The minimum atomic E-state index is -0.295. The van der Waals surface area contributed by atoms with Gasteiger partial charge in [-0.15, -0.1) is 10.2 Å². The van der Waals surface area contributed by atoms with E-state index in [1.807, 2.05) is 44.2 Å². The average Bonchev–Trinajstić information content (AvgIpc) is 2.64. The molecule has 1 amide bonds. The van der Waals surface area contributed by atoms with E-state index in [1.165, 1.54) is 0 Å². The van der Waals surface area contributed by atoms with Crippen LogP contribution in [0.25, 0.3) is 0 Å². The maximum Gasteiger partial charge on any atom is 0.276 e. The monoisotopic (exact) mass is 354 g/mol. The minimum absolute atomic E-state index is 0.0272. The Bertz CT molecular complexity index is 738. The van der Waals surface area contributed by atoms with Crippen LogP contribution in [0.15, 0.2) is 36.4 Å². The highest BCUT2D eigenvalue weighted by atomic mass is 16.5. The molecule has 6 nitrogen and oxygen atoms in total. The van der Waals surface area contributed by atoms with Crippen LogP contribution < -0.4 is 15.0 Å². The van der Waals surface area contributed by atoms with Crippen LogP contribution in [-0.2, 0) is 0 Å². The second kappa shape index (κ2) is 8.17. The molecule has 1 aromatic carbocycles. The number of nitrogens with zero attached hydrogens (tertiary/aromatic N) is 3. The fraction of sp³-hybridized carbons (Fsp3) is 0.450. The summed E-state index contributed by atoms with van der Waals surface area (Å²) in [6.45, 7) is 8.15. The van der Waals surface area contributed by atoms with Crippen LogP contribution >= 0.6 is 0 Å². The lowest BCUT2D eigenvalue weighted by Gasteiger charge is -2.30. The van der Waals surface area contributed by atoms with E-state index in [9.17, 15) is 4.79 Å². The third kappa shape index (κ3) is 4.50.